The van der Waals surface area contributed by atoms with Gasteiger partial charge in [-0.2, -0.15) is 0 Å². The molecular weight excluding hydrogens is 458 g/mol. The molecule has 6 nitrogen and oxygen atoms in total. The van der Waals surface area contributed by atoms with E-state index in [9.17, 15) is 8.42 Å². The second-order valence-corrected chi connectivity index (χ2v) is 12.5. The zero-order valence-corrected chi connectivity index (χ0v) is 21.1. The van der Waals surface area contributed by atoms with Crippen molar-refractivity contribution in [3.63, 3.8) is 0 Å². The third kappa shape index (κ3) is 4.21. The Hall–Kier alpha value is -2.90. The van der Waals surface area contributed by atoms with Gasteiger partial charge in [-0.25, -0.2) is 13.4 Å². The molecule has 2 aromatic carbocycles. The number of aryl methyl sites for hydroxylation is 1. The molecule has 1 aliphatic heterocycles. The molecular formula is C28H31N3O3S. The maximum Gasteiger partial charge on any atom is 0.181 e. The molecule has 1 aliphatic carbocycles. The number of sulfone groups is 1. The van der Waals surface area contributed by atoms with Crippen LogP contribution in [-0.4, -0.2) is 55.3 Å². The van der Waals surface area contributed by atoms with Gasteiger partial charge in [0.2, 0.25) is 0 Å². The lowest BCUT2D eigenvalue weighted by molar-refractivity contribution is 0.151. The fourth-order valence-corrected chi connectivity index (χ4v) is 7.06. The van der Waals surface area contributed by atoms with Gasteiger partial charge in [0.05, 0.1) is 22.3 Å². The van der Waals surface area contributed by atoms with E-state index >= 15 is 0 Å². The van der Waals surface area contributed by atoms with E-state index in [1.54, 1.807) is 6.07 Å². The highest BCUT2D eigenvalue weighted by Crippen LogP contribution is 2.41. The number of fused-ring (bicyclic) bond motifs is 3. The molecule has 7 heteroatoms. The third-order valence-corrected chi connectivity index (χ3v) is 9.60. The number of nitrogens with zero attached hydrogens (tertiary/aromatic N) is 2. The Balaban J connectivity index is 1.45. The molecule has 0 spiro atoms. The molecule has 1 saturated heterocycles. The van der Waals surface area contributed by atoms with Crippen LogP contribution in [0.4, 0.5) is 0 Å². The molecule has 0 amide bonds. The van der Waals surface area contributed by atoms with Crippen molar-refractivity contribution in [2.24, 2.45) is 5.92 Å². The first-order valence-corrected chi connectivity index (χ1v) is 14.0. The van der Waals surface area contributed by atoms with Gasteiger partial charge >= 0.3 is 0 Å². The number of H-pyrrole nitrogens is 1. The van der Waals surface area contributed by atoms with E-state index in [0.717, 1.165) is 70.3 Å². The standard InChI is InChI=1S/C28H31N3O3S/c1-18-13-24-26-23(20-6-3-7-22(14-20)35(32,33)21-8-9-21)10-11-25(27(26)30-28(24)29-15-18)34-17-19-5-4-12-31(2)16-19/h3,6-7,10-11,13-15,19,21H,4-5,8-9,12,16-17H2,1-2H3,(H,29,30)/t19-/m1/s1. The van der Waals surface area contributed by atoms with E-state index in [0.29, 0.717) is 17.4 Å². The first-order valence-electron chi connectivity index (χ1n) is 12.5. The lowest BCUT2D eigenvalue weighted by atomic mass is 9.98. The summed E-state index contributed by atoms with van der Waals surface area (Å²) in [6.07, 6.45) is 5.76. The first-order chi connectivity index (χ1) is 16.9. The molecule has 4 aromatic rings. The Morgan fingerprint density at radius 1 is 1.14 bits per heavy atom. The number of pyridine rings is 1. The minimum atomic E-state index is -3.27. The molecule has 1 N–H and O–H groups in total. The van der Waals surface area contributed by atoms with Crippen LogP contribution in [0, 0.1) is 12.8 Å². The van der Waals surface area contributed by atoms with Gasteiger partial charge < -0.3 is 14.6 Å². The fraction of sp³-hybridized carbons (Fsp3) is 0.393. The summed E-state index contributed by atoms with van der Waals surface area (Å²) < 4.78 is 32.2. The fourth-order valence-electron chi connectivity index (χ4n) is 5.35. The number of aromatic nitrogens is 2. The maximum absolute atomic E-state index is 12.9. The molecule has 0 radical (unpaired) electrons. The third-order valence-electron chi connectivity index (χ3n) is 7.34. The van der Waals surface area contributed by atoms with Crippen molar-refractivity contribution in [2.75, 3.05) is 26.7 Å². The number of likely N-dealkylation sites (tertiary alicyclic amines) is 1. The topological polar surface area (TPSA) is 75.3 Å². The summed E-state index contributed by atoms with van der Waals surface area (Å²) in [4.78, 5) is 10.9. The van der Waals surface area contributed by atoms with Crippen molar-refractivity contribution in [1.82, 2.24) is 14.9 Å². The average molecular weight is 490 g/mol. The van der Waals surface area contributed by atoms with E-state index < -0.39 is 9.84 Å². The summed E-state index contributed by atoms with van der Waals surface area (Å²) >= 11 is 0. The van der Waals surface area contributed by atoms with Crippen LogP contribution in [0.25, 0.3) is 33.1 Å². The minimum absolute atomic E-state index is 0.229. The van der Waals surface area contributed by atoms with Gasteiger partial charge in [-0.3, -0.25) is 0 Å². The van der Waals surface area contributed by atoms with Crippen molar-refractivity contribution in [3.05, 3.63) is 54.2 Å². The van der Waals surface area contributed by atoms with Crippen molar-refractivity contribution in [1.29, 1.82) is 0 Å². The second-order valence-electron chi connectivity index (χ2n) is 10.2. The van der Waals surface area contributed by atoms with E-state index in [1.807, 2.05) is 37.4 Å². The monoisotopic (exact) mass is 489 g/mol. The predicted molar refractivity (Wildman–Crippen MR) is 140 cm³/mol. The van der Waals surface area contributed by atoms with Gasteiger partial charge in [0.25, 0.3) is 0 Å². The van der Waals surface area contributed by atoms with Gasteiger partial charge in [-0.05, 0) is 93.2 Å². The van der Waals surface area contributed by atoms with Crippen molar-refractivity contribution >= 4 is 31.8 Å². The van der Waals surface area contributed by atoms with Crippen LogP contribution in [0.1, 0.15) is 31.2 Å². The number of aromatic amines is 1. The predicted octanol–water partition coefficient (Wildman–Crippen LogP) is 5.35. The Morgan fingerprint density at radius 2 is 2.00 bits per heavy atom. The van der Waals surface area contributed by atoms with Gasteiger partial charge in [0.15, 0.2) is 9.84 Å². The van der Waals surface area contributed by atoms with E-state index in [1.165, 1.54) is 12.8 Å². The largest absolute Gasteiger partial charge is 0.491 e. The van der Waals surface area contributed by atoms with Crippen molar-refractivity contribution < 1.29 is 13.2 Å². The highest BCUT2D eigenvalue weighted by Gasteiger charge is 2.37. The molecule has 0 unspecified atom stereocenters. The molecule has 182 valence electrons. The molecule has 6 rings (SSSR count). The van der Waals surface area contributed by atoms with Crippen LogP contribution in [0.15, 0.2) is 53.6 Å². The molecule has 35 heavy (non-hydrogen) atoms. The van der Waals surface area contributed by atoms with Gasteiger partial charge in [-0.15, -0.1) is 0 Å². The first kappa shape index (κ1) is 22.6. The summed E-state index contributed by atoms with van der Waals surface area (Å²) in [5, 5.41) is 1.82. The van der Waals surface area contributed by atoms with E-state index in [4.69, 9.17) is 4.74 Å². The summed E-state index contributed by atoms with van der Waals surface area (Å²) in [7, 11) is -1.10. The highest BCUT2D eigenvalue weighted by molar-refractivity contribution is 7.92. The number of hydrogen-bond donors (Lipinski definition) is 1. The molecule has 1 atom stereocenters. The summed E-state index contributed by atoms with van der Waals surface area (Å²) in [6.45, 7) is 4.92. The van der Waals surface area contributed by atoms with Gasteiger partial charge in [0, 0.05) is 29.4 Å². The number of rotatable bonds is 6. The van der Waals surface area contributed by atoms with Crippen molar-refractivity contribution in [3.8, 4) is 16.9 Å². The highest BCUT2D eigenvalue weighted by atomic mass is 32.2. The Kier molecular flexibility index (Phi) is 5.57. The van der Waals surface area contributed by atoms with Crippen LogP contribution >= 0.6 is 0 Å². The SMILES string of the molecule is Cc1cnc2[nH]c3c(OC[C@@H]4CCCN(C)C4)ccc(-c4cccc(S(=O)(=O)C5CC5)c4)c3c2c1. The van der Waals surface area contributed by atoms with Crippen molar-refractivity contribution in [2.45, 2.75) is 42.8 Å². The van der Waals surface area contributed by atoms with Crippen LogP contribution in [-0.2, 0) is 9.84 Å². The van der Waals surface area contributed by atoms with Gasteiger partial charge in [-0.1, -0.05) is 12.1 Å². The van der Waals surface area contributed by atoms with Crippen LogP contribution in [0.3, 0.4) is 0 Å². The maximum atomic E-state index is 12.9. The molecule has 1 saturated carbocycles. The van der Waals surface area contributed by atoms with Crippen LogP contribution < -0.4 is 4.74 Å². The van der Waals surface area contributed by atoms with Crippen LogP contribution in [0.5, 0.6) is 5.75 Å². The number of hydrogen-bond acceptors (Lipinski definition) is 5. The van der Waals surface area contributed by atoms with E-state index in [2.05, 4.69) is 34.0 Å². The number of benzene rings is 2. The molecule has 2 fully saturated rings. The zero-order valence-electron chi connectivity index (χ0n) is 20.3. The smallest absolute Gasteiger partial charge is 0.181 e. The summed E-state index contributed by atoms with van der Waals surface area (Å²) in [6, 6.07) is 13.6. The lowest BCUT2D eigenvalue weighted by Gasteiger charge is -2.29. The Labute approximate surface area is 206 Å². The number of ether oxygens (including phenoxy) is 1. The Bertz CT molecular complexity index is 1520. The quantitative estimate of drug-likeness (QED) is 0.395. The molecule has 3 heterocycles. The molecule has 2 aromatic heterocycles. The molecule has 2 aliphatic rings. The number of nitrogens with one attached hydrogen (secondary N) is 1. The zero-order chi connectivity index (χ0) is 24.2. The van der Waals surface area contributed by atoms with Crippen LogP contribution in [0.2, 0.25) is 0 Å². The summed E-state index contributed by atoms with van der Waals surface area (Å²) in [5.74, 6) is 1.33. The van der Waals surface area contributed by atoms with Gasteiger partial charge in [0.1, 0.15) is 11.4 Å². The molecule has 0 bridgehead atoms. The Morgan fingerprint density at radius 3 is 2.80 bits per heavy atom. The van der Waals surface area contributed by atoms with E-state index in [-0.39, 0.29) is 5.25 Å². The lowest BCUT2D eigenvalue weighted by Crippen LogP contribution is -2.34. The second kappa shape index (κ2) is 8.64. The normalized spacial score (nSPS) is 19.4. The number of piperidine rings is 1. The minimum Gasteiger partial charge on any atom is -0.491 e. The average Bonchev–Trinajstić information content (AvgIpc) is 3.65. The summed E-state index contributed by atoms with van der Waals surface area (Å²) in [5.41, 5.74) is 4.67.